The van der Waals surface area contributed by atoms with Gasteiger partial charge in [0.15, 0.2) is 4.90 Å². The zero-order valence-corrected chi connectivity index (χ0v) is 10.2. The number of halogens is 1. The summed E-state index contributed by atoms with van der Waals surface area (Å²) in [7, 11) is -3.84. The highest BCUT2D eigenvalue weighted by Crippen LogP contribution is 2.29. The Morgan fingerprint density at radius 1 is 1.41 bits per heavy atom. The van der Waals surface area contributed by atoms with Crippen molar-refractivity contribution in [3.05, 3.63) is 33.3 Å². The first-order valence-corrected chi connectivity index (χ1v) is 6.72. The predicted octanol–water partition coefficient (Wildman–Crippen LogP) is 1.69. The number of nitrogens with one attached hydrogen (secondary N) is 1. The van der Waals surface area contributed by atoms with Crippen LogP contribution >= 0.6 is 11.6 Å². The largest absolute Gasteiger partial charge is 0.290 e. The fraction of sp³-hybridized carbons (Fsp3) is 0.333. The molecule has 0 bridgehead atoms. The Bertz CT molecular complexity index is 568. The quantitative estimate of drug-likeness (QED) is 0.669. The minimum Gasteiger partial charge on any atom is -0.258 e. The molecule has 6 nitrogen and oxygen atoms in total. The third kappa shape index (κ3) is 2.74. The van der Waals surface area contributed by atoms with Crippen LogP contribution in [0.3, 0.4) is 0 Å². The van der Waals surface area contributed by atoms with E-state index >= 15 is 0 Å². The second kappa shape index (κ2) is 4.25. The molecule has 0 atom stereocenters. The molecule has 0 aliphatic heterocycles. The molecule has 1 fully saturated rings. The first-order chi connectivity index (χ1) is 7.90. The normalized spacial score (nSPS) is 15.8. The van der Waals surface area contributed by atoms with Gasteiger partial charge in [-0.25, -0.2) is 13.1 Å². The summed E-state index contributed by atoms with van der Waals surface area (Å²) in [4.78, 5) is 9.67. The molecule has 0 spiro atoms. The Morgan fingerprint density at radius 2 is 2.06 bits per heavy atom. The average Bonchev–Trinajstić information content (AvgIpc) is 3.00. The zero-order chi connectivity index (χ0) is 12.6. The van der Waals surface area contributed by atoms with Crippen molar-refractivity contribution in [2.45, 2.75) is 23.8 Å². The summed E-state index contributed by atoms with van der Waals surface area (Å²) in [6.45, 7) is 0. The molecule has 0 saturated heterocycles. The second-order valence-electron chi connectivity index (χ2n) is 3.76. The van der Waals surface area contributed by atoms with Gasteiger partial charge in [0, 0.05) is 17.1 Å². The number of hydrogen-bond acceptors (Lipinski definition) is 4. The summed E-state index contributed by atoms with van der Waals surface area (Å²) in [6.07, 6.45) is 1.53. The lowest BCUT2D eigenvalue weighted by atomic mass is 10.3. The van der Waals surface area contributed by atoms with Gasteiger partial charge in [0.05, 0.1) is 4.92 Å². The monoisotopic (exact) mass is 276 g/mol. The van der Waals surface area contributed by atoms with Gasteiger partial charge in [0.1, 0.15) is 0 Å². The highest BCUT2D eigenvalue weighted by molar-refractivity contribution is 7.89. The molecule has 0 aromatic heterocycles. The lowest BCUT2D eigenvalue weighted by Gasteiger charge is -2.06. The molecule has 92 valence electrons. The standard InChI is InChI=1S/C9H9ClN2O4S/c10-6-1-4-9(8(5-6)12(13)14)17(15,16)11-7-2-3-7/h1,4-5,7,11H,2-3H2. The third-order valence-corrected chi connectivity index (χ3v) is 4.11. The van der Waals surface area contributed by atoms with Crippen molar-refractivity contribution in [1.29, 1.82) is 0 Å². The van der Waals surface area contributed by atoms with Crippen LogP contribution in [0.5, 0.6) is 0 Å². The van der Waals surface area contributed by atoms with Crippen molar-refractivity contribution in [2.75, 3.05) is 0 Å². The first-order valence-electron chi connectivity index (χ1n) is 4.86. The predicted molar refractivity (Wildman–Crippen MR) is 61.4 cm³/mol. The molecule has 1 saturated carbocycles. The molecule has 17 heavy (non-hydrogen) atoms. The van der Waals surface area contributed by atoms with Crippen LogP contribution in [0.1, 0.15) is 12.8 Å². The van der Waals surface area contributed by atoms with Crippen LogP contribution in [-0.4, -0.2) is 19.4 Å². The summed E-state index contributed by atoms with van der Waals surface area (Å²) in [5.74, 6) is 0. The molecular formula is C9H9ClN2O4S. The van der Waals surface area contributed by atoms with Crippen LogP contribution in [0.15, 0.2) is 23.1 Å². The number of nitrogens with zero attached hydrogens (tertiary/aromatic N) is 1. The summed E-state index contributed by atoms with van der Waals surface area (Å²) in [6, 6.07) is 3.39. The molecule has 1 aromatic carbocycles. The molecular weight excluding hydrogens is 268 g/mol. The summed E-state index contributed by atoms with van der Waals surface area (Å²) in [5.41, 5.74) is -0.509. The molecule has 1 aliphatic rings. The van der Waals surface area contributed by atoms with E-state index in [1.54, 1.807) is 0 Å². The van der Waals surface area contributed by atoms with Gasteiger partial charge in [0.2, 0.25) is 10.0 Å². The van der Waals surface area contributed by atoms with Gasteiger partial charge in [-0.05, 0) is 25.0 Å². The summed E-state index contributed by atoms with van der Waals surface area (Å²) in [5, 5.41) is 10.9. The summed E-state index contributed by atoms with van der Waals surface area (Å²) < 4.78 is 26.1. The maximum atomic E-state index is 11.9. The van der Waals surface area contributed by atoms with Gasteiger partial charge in [0.25, 0.3) is 5.69 Å². The smallest absolute Gasteiger partial charge is 0.258 e. The molecule has 1 aliphatic carbocycles. The lowest BCUT2D eigenvalue weighted by molar-refractivity contribution is -0.387. The topological polar surface area (TPSA) is 89.3 Å². The number of rotatable bonds is 4. The van der Waals surface area contributed by atoms with E-state index < -0.39 is 20.6 Å². The molecule has 0 unspecified atom stereocenters. The summed E-state index contributed by atoms with van der Waals surface area (Å²) >= 11 is 5.61. The van der Waals surface area contributed by atoms with Gasteiger partial charge in [-0.1, -0.05) is 11.6 Å². The van der Waals surface area contributed by atoms with Crippen molar-refractivity contribution in [2.24, 2.45) is 0 Å². The number of nitro benzene ring substituents is 1. The van der Waals surface area contributed by atoms with E-state index in [9.17, 15) is 18.5 Å². The average molecular weight is 277 g/mol. The molecule has 2 rings (SSSR count). The van der Waals surface area contributed by atoms with E-state index in [0.717, 1.165) is 25.0 Å². The van der Waals surface area contributed by atoms with E-state index in [1.165, 1.54) is 6.07 Å². The SMILES string of the molecule is O=[N+]([O-])c1cc(Cl)ccc1S(=O)(=O)NC1CC1. The Labute approximate surface area is 103 Å². The van der Waals surface area contributed by atoms with E-state index in [2.05, 4.69) is 4.72 Å². The van der Waals surface area contributed by atoms with Gasteiger partial charge < -0.3 is 0 Å². The van der Waals surface area contributed by atoms with Crippen molar-refractivity contribution in [1.82, 2.24) is 4.72 Å². The minimum absolute atomic E-state index is 0.102. The van der Waals surface area contributed by atoms with Gasteiger partial charge in [-0.2, -0.15) is 0 Å². The van der Waals surface area contributed by atoms with Crippen LogP contribution in [0.4, 0.5) is 5.69 Å². The first kappa shape index (κ1) is 12.3. The van der Waals surface area contributed by atoms with E-state index in [0.29, 0.717) is 0 Å². The van der Waals surface area contributed by atoms with Crippen LogP contribution in [0, 0.1) is 10.1 Å². The number of benzene rings is 1. The molecule has 0 amide bonds. The van der Waals surface area contributed by atoms with Crippen LogP contribution in [0.2, 0.25) is 5.02 Å². The highest BCUT2D eigenvalue weighted by Gasteiger charge is 2.32. The van der Waals surface area contributed by atoms with Crippen molar-refractivity contribution in [3.8, 4) is 0 Å². The van der Waals surface area contributed by atoms with E-state index in [-0.39, 0.29) is 16.0 Å². The Hall–Kier alpha value is -1.18. The molecule has 1 aromatic rings. The van der Waals surface area contributed by atoms with Crippen molar-refractivity contribution in [3.63, 3.8) is 0 Å². The Morgan fingerprint density at radius 3 is 2.59 bits per heavy atom. The Kier molecular flexibility index (Phi) is 3.07. The van der Waals surface area contributed by atoms with Gasteiger partial charge in [-0.3, -0.25) is 10.1 Å². The highest BCUT2D eigenvalue weighted by atomic mass is 35.5. The van der Waals surface area contributed by atoms with E-state index in [1.807, 2.05) is 0 Å². The zero-order valence-electron chi connectivity index (χ0n) is 8.59. The number of hydrogen-bond donors (Lipinski definition) is 1. The van der Waals surface area contributed by atoms with Crippen molar-refractivity contribution < 1.29 is 13.3 Å². The van der Waals surface area contributed by atoms with Crippen LogP contribution in [0.25, 0.3) is 0 Å². The molecule has 1 N–H and O–H groups in total. The maximum absolute atomic E-state index is 11.9. The minimum atomic E-state index is -3.84. The molecule has 8 heteroatoms. The van der Waals surface area contributed by atoms with Crippen LogP contribution in [-0.2, 0) is 10.0 Å². The Balaban J connectivity index is 2.46. The lowest BCUT2D eigenvalue weighted by Crippen LogP contribution is -2.26. The molecule has 0 heterocycles. The molecule has 0 radical (unpaired) electrons. The number of nitro groups is 1. The van der Waals surface area contributed by atoms with Crippen molar-refractivity contribution >= 4 is 27.3 Å². The third-order valence-electron chi connectivity index (χ3n) is 2.31. The van der Waals surface area contributed by atoms with Gasteiger partial charge >= 0.3 is 0 Å². The fourth-order valence-corrected chi connectivity index (χ4v) is 2.97. The maximum Gasteiger partial charge on any atom is 0.290 e. The number of sulfonamides is 1. The van der Waals surface area contributed by atoms with E-state index in [4.69, 9.17) is 11.6 Å². The fourth-order valence-electron chi connectivity index (χ4n) is 1.34. The van der Waals surface area contributed by atoms with Gasteiger partial charge in [-0.15, -0.1) is 0 Å². The second-order valence-corrected chi connectivity index (χ2v) is 5.88. The van der Waals surface area contributed by atoms with Crippen LogP contribution < -0.4 is 4.72 Å².